The molecule has 6 nitrogen and oxygen atoms in total. The zero-order valence-corrected chi connectivity index (χ0v) is 20.5. The van der Waals surface area contributed by atoms with Gasteiger partial charge in [0.25, 0.3) is 0 Å². The molecule has 2 aliphatic heterocycles. The SMILES string of the molecule is CC(c1ccc(Cl)cc1Cl)n1cnc2ccc(N3CCN(C(=O)[C@H]4CCCN4)[C@H](C)C3)cc21. The molecule has 33 heavy (non-hydrogen) atoms. The standard InChI is InChI=1S/C25H29Cl2N5O/c1-16-14-30(10-11-31(16)25(33)23-4-3-9-28-23)19-6-8-22-24(13-19)32(15-29-22)17(2)20-7-5-18(26)12-21(20)27/h5-8,12-13,15-17,23,28H,3-4,9-11,14H2,1-2H3/t16-,17?,23-/m1/s1. The number of aromatic nitrogens is 2. The van der Waals surface area contributed by atoms with Gasteiger partial charge in [0.15, 0.2) is 0 Å². The molecule has 174 valence electrons. The van der Waals surface area contributed by atoms with Crippen molar-refractivity contribution in [2.75, 3.05) is 31.1 Å². The Morgan fingerprint density at radius 2 is 2.03 bits per heavy atom. The van der Waals surface area contributed by atoms with Gasteiger partial charge >= 0.3 is 0 Å². The first-order valence-electron chi connectivity index (χ1n) is 11.6. The smallest absolute Gasteiger partial charge is 0.240 e. The monoisotopic (exact) mass is 485 g/mol. The maximum Gasteiger partial charge on any atom is 0.240 e. The number of nitrogens with one attached hydrogen (secondary N) is 1. The van der Waals surface area contributed by atoms with Crippen molar-refractivity contribution in [3.63, 3.8) is 0 Å². The summed E-state index contributed by atoms with van der Waals surface area (Å²) in [4.78, 5) is 21.9. The summed E-state index contributed by atoms with van der Waals surface area (Å²) in [6.07, 6.45) is 3.90. The molecule has 0 radical (unpaired) electrons. The number of anilines is 1. The third kappa shape index (κ3) is 4.32. The molecule has 0 spiro atoms. The molecule has 2 aliphatic rings. The number of carbonyl (C=O) groups is 1. The number of nitrogens with zero attached hydrogens (tertiary/aromatic N) is 4. The quantitative estimate of drug-likeness (QED) is 0.579. The molecule has 0 bridgehead atoms. The normalized spacial score (nSPS) is 22.2. The van der Waals surface area contributed by atoms with Gasteiger partial charge in [-0.1, -0.05) is 29.3 Å². The number of hydrogen-bond acceptors (Lipinski definition) is 4. The number of fused-ring (bicyclic) bond motifs is 1. The van der Waals surface area contributed by atoms with Gasteiger partial charge in [0.1, 0.15) is 0 Å². The molecular weight excluding hydrogens is 457 g/mol. The summed E-state index contributed by atoms with van der Waals surface area (Å²) in [5.41, 5.74) is 4.17. The molecular formula is C25H29Cl2N5O. The lowest BCUT2D eigenvalue weighted by Gasteiger charge is -2.42. The van der Waals surface area contributed by atoms with Crippen LogP contribution in [0, 0.1) is 0 Å². The average Bonchev–Trinajstić information content (AvgIpc) is 3.48. The first kappa shape index (κ1) is 22.5. The molecule has 8 heteroatoms. The Morgan fingerprint density at radius 1 is 1.18 bits per heavy atom. The molecule has 1 amide bonds. The van der Waals surface area contributed by atoms with Gasteiger partial charge in [-0.25, -0.2) is 4.98 Å². The third-order valence-corrected chi connectivity index (χ3v) is 7.58. The fraction of sp³-hybridized carbons (Fsp3) is 0.440. The summed E-state index contributed by atoms with van der Waals surface area (Å²) in [7, 11) is 0. The van der Waals surface area contributed by atoms with Crippen molar-refractivity contribution < 1.29 is 4.79 Å². The number of amides is 1. The van der Waals surface area contributed by atoms with Gasteiger partial charge in [-0.05, 0) is 69.1 Å². The van der Waals surface area contributed by atoms with Crippen LogP contribution in [0.15, 0.2) is 42.7 Å². The van der Waals surface area contributed by atoms with Crippen molar-refractivity contribution in [2.24, 2.45) is 0 Å². The van der Waals surface area contributed by atoms with Gasteiger partial charge in [0, 0.05) is 41.4 Å². The van der Waals surface area contributed by atoms with E-state index in [2.05, 4.69) is 51.8 Å². The summed E-state index contributed by atoms with van der Waals surface area (Å²) >= 11 is 12.6. The van der Waals surface area contributed by atoms with E-state index >= 15 is 0 Å². The van der Waals surface area contributed by atoms with Gasteiger partial charge in [-0.3, -0.25) is 4.79 Å². The molecule has 1 aromatic heterocycles. The fourth-order valence-corrected chi connectivity index (χ4v) is 5.69. The van der Waals surface area contributed by atoms with Gasteiger partial charge in [-0.2, -0.15) is 0 Å². The number of piperazine rings is 1. The summed E-state index contributed by atoms with van der Waals surface area (Å²) in [5, 5.41) is 4.62. The van der Waals surface area contributed by atoms with E-state index < -0.39 is 0 Å². The Morgan fingerprint density at radius 3 is 2.76 bits per heavy atom. The lowest BCUT2D eigenvalue weighted by molar-refractivity contribution is -0.135. The molecule has 5 rings (SSSR count). The maximum atomic E-state index is 12.9. The van der Waals surface area contributed by atoms with E-state index in [9.17, 15) is 4.79 Å². The second kappa shape index (κ2) is 9.16. The molecule has 3 heterocycles. The second-order valence-electron chi connectivity index (χ2n) is 9.14. The molecule has 3 atom stereocenters. The highest BCUT2D eigenvalue weighted by Gasteiger charge is 2.33. The van der Waals surface area contributed by atoms with E-state index in [1.165, 1.54) is 0 Å². The Bertz CT molecular complexity index is 1170. The first-order chi connectivity index (χ1) is 15.9. The van der Waals surface area contributed by atoms with E-state index in [-0.39, 0.29) is 24.0 Å². The minimum atomic E-state index is -0.00844. The Balaban J connectivity index is 1.37. The van der Waals surface area contributed by atoms with E-state index in [0.717, 1.165) is 61.3 Å². The third-order valence-electron chi connectivity index (χ3n) is 7.02. The highest BCUT2D eigenvalue weighted by atomic mass is 35.5. The molecule has 1 N–H and O–H groups in total. The summed E-state index contributed by atoms with van der Waals surface area (Å²) in [6.45, 7) is 7.58. The number of carbonyl (C=O) groups excluding carboxylic acids is 1. The highest BCUT2D eigenvalue weighted by Crippen LogP contribution is 2.32. The highest BCUT2D eigenvalue weighted by molar-refractivity contribution is 6.35. The first-order valence-corrected chi connectivity index (χ1v) is 12.4. The topological polar surface area (TPSA) is 53.4 Å². The number of imidazole rings is 1. The largest absolute Gasteiger partial charge is 0.368 e. The van der Waals surface area contributed by atoms with Gasteiger partial charge < -0.3 is 19.7 Å². The number of halogens is 2. The summed E-state index contributed by atoms with van der Waals surface area (Å²) < 4.78 is 2.16. The molecule has 1 unspecified atom stereocenters. The van der Waals surface area contributed by atoms with Crippen LogP contribution in [-0.2, 0) is 4.79 Å². The molecule has 2 fully saturated rings. The van der Waals surface area contributed by atoms with Crippen molar-refractivity contribution in [2.45, 2.75) is 44.8 Å². The average molecular weight is 486 g/mol. The van der Waals surface area contributed by atoms with Crippen LogP contribution >= 0.6 is 23.2 Å². The molecule has 0 saturated carbocycles. The molecule has 3 aromatic rings. The Kier molecular flexibility index (Phi) is 6.25. The van der Waals surface area contributed by atoms with Gasteiger partial charge in [-0.15, -0.1) is 0 Å². The van der Waals surface area contributed by atoms with Crippen LogP contribution in [0.5, 0.6) is 0 Å². The van der Waals surface area contributed by atoms with E-state index in [4.69, 9.17) is 23.2 Å². The summed E-state index contributed by atoms with van der Waals surface area (Å²) in [5.74, 6) is 0.252. The summed E-state index contributed by atoms with van der Waals surface area (Å²) in [6, 6.07) is 12.2. The predicted molar refractivity (Wildman–Crippen MR) is 134 cm³/mol. The van der Waals surface area contributed by atoms with E-state index in [1.807, 2.05) is 23.4 Å². The van der Waals surface area contributed by atoms with Crippen molar-refractivity contribution in [3.05, 3.63) is 58.3 Å². The van der Waals surface area contributed by atoms with Crippen molar-refractivity contribution in [1.29, 1.82) is 0 Å². The van der Waals surface area contributed by atoms with Gasteiger partial charge in [0.2, 0.25) is 5.91 Å². The molecule has 2 saturated heterocycles. The Hall–Kier alpha value is -2.28. The number of benzene rings is 2. The maximum absolute atomic E-state index is 12.9. The van der Waals surface area contributed by atoms with Gasteiger partial charge in [0.05, 0.1) is 29.4 Å². The van der Waals surface area contributed by atoms with E-state index in [1.54, 1.807) is 6.07 Å². The van der Waals surface area contributed by atoms with Crippen molar-refractivity contribution in [3.8, 4) is 0 Å². The fourth-order valence-electron chi connectivity index (χ4n) is 5.12. The van der Waals surface area contributed by atoms with Crippen molar-refractivity contribution in [1.82, 2.24) is 19.8 Å². The zero-order chi connectivity index (χ0) is 23.1. The van der Waals surface area contributed by atoms with Crippen LogP contribution in [0.1, 0.15) is 38.3 Å². The minimum Gasteiger partial charge on any atom is -0.368 e. The predicted octanol–water partition coefficient (Wildman–Crippen LogP) is 4.74. The van der Waals surface area contributed by atoms with Crippen LogP contribution < -0.4 is 10.2 Å². The van der Waals surface area contributed by atoms with E-state index in [0.29, 0.717) is 10.0 Å². The van der Waals surface area contributed by atoms with Crippen LogP contribution in [0.2, 0.25) is 10.0 Å². The van der Waals surface area contributed by atoms with Crippen LogP contribution in [0.25, 0.3) is 11.0 Å². The van der Waals surface area contributed by atoms with Crippen LogP contribution in [-0.4, -0.2) is 58.6 Å². The van der Waals surface area contributed by atoms with Crippen molar-refractivity contribution >= 4 is 45.8 Å². The minimum absolute atomic E-state index is 0.00844. The number of rotatable bonds is 4. The molecule has 0 aliphatic carbocycles. The second-order valence-corrected chi connectivity index (χ2v) is 9.99. The van der Waals surface area contributed by atoms with Crippen LogP contribution in [0.3, 0.4) is 0 Å². The lowest BCUT2D eigenvalue weighted by atomic mass is 10.1. The Labute approximate surface area is 204 Å². The van der Waals surface area contributed by atoms with Crippen LogP contribution in [0.4, 0.5) is 5.69 Å². The zero-order valence-electron chi connectivity index (χ0n) is 19.0. The number of hydrogen-bond donors (Lipinski definition) is 1. The lowest BCUT2D eigenvalue weighted by Crippen LogP contribution is -2.57. The molecule has 2 aromatic carbocycles.